The second-order valence-corrected chi connectivity index (χ2v) is 9.84. The van der Waals surface area contributed by atoms with E-state index in [9.17, 15) is 19.2 Å². The van der Waals surface area contributed by atoms with Gasteiger partial charge in [0.2, 0.25) is 19.7 Å². The Bertz CT molecular complexity index is 479. The molecule has 0 unspecified atom stereocenters. The predicted octanol–water partition coefficient (Wildman–Crippen LogP) is 4.33. The Labute approximate surface area is 184 Å². The van der Waals surface area contributed by atoms with Crippen molar-refractivity contribution in [2.24, 2.45) is 23.7 Å². The number of carbonyl (C=O) groups excluding carboxylic acids is 2. The predicted molar refractivity (Wildman–Crippen MR) is 108 cm³/mol. The summed E-state index contributed by atoms with van der Waals surface area (Å²) in [6, 6.07) is 0. The number of aliphatic carboxylic acids is 2. The second kappa shape index (κ2) is 14.6. The Hall–Kier alpha value is -0.410. The van der Waals surface area contributed by atoms with E-state index >= 15 is 0 Å². The number of rotatable bonds is 4. The van der Waals surface area contributed by atoms with Crippen molar-refractivity contribution >= 4 is 76.2 Å². The van der Waals surface area contributed by atoms with Gasteiger partial charge < -0.3 is 10.2 Å². The maximum Gasteiger partial charge on any atom is 0.306 e. The fourth-order valence-electron chi connectivity index (χ4n) is 3.13. The largest absolute Gasteiger partial charge is 0.481 e. The van der Waals surface area contributed by atoms with Gasteiger partial charge in [0.1, 0.15) is 0 Å². The van der Waals surface area contributed by atoms with Gasteiger partial charge in [-0.3, -0.25) is 19.2 Å². The highest BCUT2D eigenvalue weighted by Crippen LogP contribution is 2.31. The second-order valence-electron chi connectivity index (χ2n) is 6.57. The van der Waals surface area contributed by atoms with Gasteiger partial charge in [-0.25, -0.2) is 4.21 Å². The minimum absolute atomic E-state index is 0.0565. The van der Waals surface area contributed by atoms with E-state index in [1.165, 1.54) is 0 Å². The summed E-state index contributed by atoms with van der Waals surface area (Å²) >= 11 is 10.7. The first kappa shape index (κ1) is 27.6. The highest BCUT2D eigenvalue weighted by Gasteiger charge is 2.29. The molecule has 2 fully saturated rings. The lowest BCUT2D eigenvalue weighted by molar-refractivity contribution is -0.148. The van der Waals surface area contributed by atoms with Gasteiger partial charge in [0.25, 0.3) is 0 Å². The highest BCUT2D eigenvalue weighted by molar-refractivity contribution is 8.26. The van der Waals surface area contributed by atoms with Gasteiger partial charge in [-0.15, -0.1) is 0 Å². The van der Waals surface area contributed by atoms with Gasteiger partial charge >= 0.3 is 11.9 Å². The number of halogens is 4. The van der Waals surface area contributed by atoms with Crippen LogP contribution in [0, 0.1) is 23.7 Å². The molecule has 7 nitrogen and oxygen atoms in total. The van der Waals surface area contributed by atoms with E-state index in [0.717, 1.165) is 0 Å². The molecule has 2 rings (SSSR count). The van der Waals surface area contributed by atoms with Gasteiger partial charge in [-0.2, -0.15) is 0 Å². The van der Waals surface area contributed by atoms with Crippen LogP contribution in [-0.4, -0.2) is 36.8 Å². The van der Waals surface area contributed by atoms with Crippen LogP contribution in [0.15, 0.2) is 0 Å². The molecule has 12 heteroatoms. The van der Waals surface area contributed by atoms with Crippen molar-refractivity contribution in [1.29, 1.82) is 0 Å². The van der Waals surface area contributed by atoms with E-state index in [2.05, 4.69) is 21.4 Å². The van der Waals surface area contributed by atoms with Crippen LogP contribution < -0.4 is 0 Å². The van der Waals surface area contributed by atoms with Crippen molar-refractivity contribution < 1.29 is 33.6 Å². The summed E-state index contributed by atoms with van der Waals surface area (Å²) in [7, 11) is 7.36. The maximum atomic E-state index is 10.7. The molecule has 0 aromatic carbocycles. The molecule has 0 aromatic heterocycles. The first-order chi connectivity index (χ1) is 13.0. The van der Waals surface area contributed by atoms with Gasteiger partial charge in [-0.1, -0.05) is 0 Å². The Morgan fingerprint density at radius 3 is 0.929 bits per heavy atom. The van der Waals surface area contributed by atoms with Crippen LogP contribution in [0.4, 0.5) is 0 Å². The third-order valence-electron chi connectivity index (χ3n) is 4.79. The van der Waals surface area contributed by atoms with Gasteiger partial charge in [0, 0.05) is 33.2 Å². The van der Waals surface area contributed by atoms with Crippen molar-refractivity contribution in [2.45, 2.75) is 51.4 Å². The monoisotopic (exact) mass is 498 g/mol. The maximum absolute atomic E-state index is 10.7. The minimum atomic E-state index is -1.67. The summed E-state index contributed by atoms with van der Waals surface area (Å²) in [5.41, 5.74) is 0. The Balaban J connectivity index is 0.000000439. The fourth-order valence-corrected chi connectivity index (χ4v) is 3.57. The van der Waals surface area contributed by atoms with Crippen molar-refractivity contribution in [3.63, 3.8) is 0 Å². The van der Waals surface area contributed by atoms with E-state index in [4.69, 9.17) is 37.6 Å². The van der Waals surface area contributed by atoms with E-state index in [-0.39, 0.29) is 34.2 Å². The van der Waals surface area contributed by atoms with Crippen molar-refractivity contribution in [2.75, 3.05) is 0 Å². The molecule has 162 valence electrons. The zero-order valence-corrected chi connectivity index (χ0v) is 18.7. The summed E-state index contributed by atoms with van der Waals surface area (Å²) in [6.45, 7) is 0. The molecule has 2 aliphatic carbocycles. The first-order valence-electron chi connectivity index (χ1n) is 8.54. The van der Waals surface area contributed by atoms with E-state index in [0.29, 0.717) is 51.4 Å². The summed E-state index contributed by atoms with van der Waals surface area (Å²) < 4.78 is 9.09. The number of carbonyl (C=O) groups is 4. The standard InChI is InChI=1S/C8H10Cl2O2.C8H12O4.Cl2OS/c9-7(11)5-1-2-6(4-3-5)8(10)12;9-7(10)5-1-2-6(4-3-5)8(11)12;1-4(2)3/h5-6H,1-4H2;5-6H,1-4H2,(H,9,10)(H,11,12);. The Kier molecular flexibility index (Phi) is 14.3. The van der Waals surface area contributed by atoms with Gasteiger partial charge in [0.05, 0.1) is 11.8 Å². The Morgan fingerprint density at radius 1 is 0.607 bits per heavy atom. The van der Waals surface area contributed by atoms with Crippen LogP contribution in [0.2, 0.25) is 0 Å². The molecule has 2 aliphatic rings. The Morgan fingerprint density at radius 2 is 0.786 bits per heavy atom. The third kappa shape index (κ3) is 12.2. The number of carboxylic acid groups (broad SMARTS) is 2. The molecule has 0 spiro atoms. The lowest BCUT2D eigenvalue weighted by Gasteiger charge is -2.23. The molecule has 0 heterocycles. The van der Waals surface area contributed by atoms with E-state index in [1.54, 1.807) is 0 Å². The van der Waals surface area contributed by atoms with Crippen LogP contribution >= 0.6 is 44.6 Å². The summed E-state index contributed by atoms with van der Waals surface area (Å²) in [6.07, 6.45) is 4.82. The quantitative estimate of drug-likeness (QED) is 0.551. The third-order valence-corrected chi connectivity index (χ3v) is 5.41. The summed E-state index contributed by atoms with van der Waals surface area (Å²) in [5, 5.41) is 16.7. The van der Waals surface area contributed by atoms with Crippen LogP contribution in [0.1, 0.15) is 51.4 Å². The first-order valence-corrected chi connectivity index (χ1v) is 12.1. The molecule has 0 bridgehead atoms. The smallest absolute Gasteiger partial charge is 0.306 e. The van der Waals surface area contributed by atoms with Crippen LogP contribution in [0.3, 0.4) is 0 Å². The average molecular weight is 500 g/mol. The zero-order chi connectivity index (χ0) is 21.9. The topological polar surface area (TPSA) is 126 Å². The molecule has 0 aromatic rings. The minimum Gasteiger partial charge on any atom is -0.481 e. The lowest BCUT2D eigenvalue weighted by Crippen LogP contribution is -2.25. The van der Waals surface area contributed by atoms with Crippen molar-refractivity contribution in [3.05, 3.63) is 0 Å². The molecule has 0 radical (unpaired) electrons. The van der Waals surface area contributed by atoms with E-state index in [1.807, 2.05) is 0 Å². The fraction of sp³-hybridized carbons (Fsp3) is 0.750. The van der Waals surface area contributed by atoms with Crippen LogP contribution in [0.25, 0.3) is 0 Å². The number of carboxylic acids is 2. The molecule has 0 aliphatic heterocycles. The van der Waals surface area contributed by atoms with Gasteiger partial charge in [-0.05, 0) is 74.6 Å². The molecule has 28 heavy (non-hydrogen) atoms. The van der Waals surface area contributed by atoms with Crippen molar-refractivity contribution in [1.82, 2.24) is 0 Å². The van der Waals surface area contributed by atoms with E-state index < -0.39 is 21.2 Å². The molecule has 0 amide bonds. The lowest BCUT2D eigenvalue weighted by atomic mass is 9.82. The molecule has 2 saturated carbocycles. The molecule has 0 atom stereocenters. The van der Waals surface area contributed by atoms with Crippen LogP contribution in [0.5, 0.6) is 0 Å². The number of hydrogen-bond donors (Lipinski definition) is 2. The molecular formula is C16H22Cl4O7S. The normalized spacial score (nSPS) is 26.8. The summed E-state index contributed by atoms with van der Waals surface area (Å²) in [4.78, 5) is 42.4. The van der Waals surface area contributed by atoms with Crippen molar-refractivity contribution in [3.8, 4) is 0 Å². The highest BCUT2D eigenvalue weighted by atomic mass is 36.0. The summed E-state index contributed by atoms with van der Waals surface area (Å²) in [5.74, 6) is -2.34. The molecule has 2 N–H and O–H groups in total. The van der Waals surface area contributed by atoms with Crippen LogP contribution in [-0.2, 0) is 28.4 Å². The van der Waals surface area contributed by atoms with Gasteiger partial charge in [0.15, 0.2) is 0 Å². The molecular weight excluding hydrogens is 478 g/mol. The number of hydrogen-bond acceptors (Lipinski definition) is 5. The SMILES string of the molecule is O=C(Cl)C1CCC(C(=O)Cl)CC1.O=C(O)C1CCC(C(=O)O)CC1.O=S(Cl)Cl. The zero-order valence-electron chi connectivity index (χ0n) is 14.8. The average Bonchev–Trinajstić information content (AvgIpc) is 2.61. The molecule has 0 saturated heterocycles.